The molecule has 0 unspecified atom stereocenters. The minimum Gasteiger partial charge on any atom is -0.379 e. The SMILES string of the molecule is CCc1ccc2nc(CN3CCOCC3)[nH]c2c1. The van der Waals surface area contributed by atoms with Crippen molar-refractivity contribution >= 4 is 11.0 Å². The summed E-state index contributed by atoms with van der Waals surface area (Å²) in [6, 6.07) is 6.46. The average molecular weight is 245 g/mol. The van der Waals surface area contributed by atoms with Crippen molar-refractivity contribution in [3.05, 3.63) is 29.6 Å². The second-order valence-corrected chi connectivity index (χ2v) is 4.78. The molecule has 3 rings (SSSR count). The molecule has 0 bridgehead atoms. The maximum atomic E-state index is 5.35. The van der Waals surface area contributed by atoms with Crippen molar-refractivity contribution in [1.82, 2.24) is 14.9 Å². The van der Waals surface area contributed by atoms with Gasteiger partial charge >= 0.3 is 0 Å². The van der Waals surface area contributed by atoms with Crippen molar-refractivity contribution in [3.63, 3.8) is 0 Å². The quantitative estimate of drug-likeness (QED) is 0.898. The van der Waals surface area contributed by atoms with Gasteiger partial charge in [-0.3, -0.25) is 4.90 Å². The van der Waals surface area contributed by atoms with E-state index in [0.717, 1.165) is 56.1 Å². The number of imidazole rings is 1. The molecule has 1 aliphatic rings. The fraction of sp³-hybridized carbons (Fsp3) is 0.500. The Kier molecular flexibility index (Phi) is 3.30. The van der Waals surface area contributed by atoms with Gasteiger partial charge in [-0.1, -0.05) is 13.0 Å². The molecule has 1 N–H and O–H groups in total. The van der Waals surface area contributed by atoms with E-state index in [4.69, 9.17) is 4.74 Å². The molecular weight excluding hydrogens is 226 g/mol. The van der Waals surface area contributed by atoms with E-state index in [-0.39, 0.29) is 0 Å². The highest BCUT2D eigenvalue weighted by Crippen LogP contribution is 2.15. The number of nitrogens with one attached hydrogen (secondary N) is 1. The highest BCUT2D eigenvalue weighted by atomic mass is 16.5. The fourth-order valence-electron chi connectivity index (χ4n) is 2.38. The zero-order chi connectivity index (χ0) is 12.4. The third-order valence-corrected chi connectivity index (χ3v) is 3.48. The van der Waals surface area contributed by atoms with E-state index in [1.165, 1.54) is 5.56 Å². The molecule has 2 heterocycles. The molecule has 1 aliphatic heterocycles. The van der Waals surface area contributed by atoms with Gasteiger partial charge in [0.25, 0.3) is 0 Å². The number of fused-ring (bicyclic) bond motifs is 1. The highest BCUT2D eigenvalue weighted by molar-refractivity contribution is 5.75. The normalized spacial score (nSPS) is 17.4. The molecule has 4 heteroatoms. The predicted molar refractivity (Wildman–Crippen MR) is 71.6 cm³/mol. The number of ether oxygens (including phenoxy) is 1. The summed E-state index contributed by atoms with van der Waals surface area (Å²) in [6.45, 7) is 6.72. The van der Waals surface area contributed by atoms with Gasteiger partial charge in [-0.2, -0.15) is 0 Å². The lowest BCUT2D eigenvalue weighted by Crippen LogP contribution is -2.35. The van der Waals surface area contributed by atoms with E-state index >= 15 is 0 Å². The fourth-order valence-corrected chi connectivity index (χ4v) is 2.38. The Balaban J connectivity index is 1.79. The van der Waals surface area contributed by atoms with Crippen LogP contribution in [0.4, 0.5) is 0 Å². The van der Waals surface area contributed by atoms with Crippen molar-refractivity contribution in [2.75, 3.05) is 26.3 Å². The summed E-state index contributed by atoms with van der Waals surface area (Å²) in [5.41, 5.74) is 3.57. The van der Waals surface area contributed by atoms with Crippen molar-refractivity contribution in [2.24, 2.45) is 0 Å². The molecule has 1 aromatic heterocycles. The monoisotopic (exact) mass is 245 g/mol. The number of benzene rings is 1. The van der Waals surface area contributed by atoms with Crippen LogP contribution in [0.1, 0.15) is 18.3 Å². The van der Waals surface area contributed by atoms with Crippen LogP contribution in [0, 0.1) is 0 Å². The molecule has 0 saturated carbocycles. The van der Waals surface area contributed by atoms with E-state index in [2.05, 4.69) is 40.0 Å². The lowest BCUT2D eigenvalue weighted by molar-refractivity contribution is 0.0332. The van der Waals surface area contributed by atoms with E-state index in [1.807, 2.05) is 0 Å². The van der Waals surface area contributed by atoms with Gasteiger partial charge in [-0.25, -0.2) is 4.98 Å². The first-order valence-corrected chi connectivity index (χ1v) is 6.63. The molecule has 0 spiro atoms. The number of hydrogen-bond acceptors (Lipinski definition) is 3. The number of aromatic nitrogens is 2. The van der Waals surface area contributed by atoms with Crippen molar-refractivity contribution in [2.45, 2.75) is 19.9 Å². The lowest BCUT2D eigenvalue weighted by atomic mass is 10.1. The Bertz CT molecular complexity index is 529. The molecule has 96 valence electrons. The first-order chi connectivity index (χ1) is 8.85. The minimum absolute atomic E-state index is 0.834. The number of hydrogen-bond donors (Lipinski definition) is 1. The summed E-state index contributed by atoms with van der Waals surface area (Å²) in [5, 5.41) is 0. The van der Waals surface area contributed by atoms with Gasteiger partial charge in [0.1, 0.15) is 5.82 Å². The van der Waals surface area contributed by atoms with Crippen LogP contribution in [0.5, 0.6) is 0 Å². The molecule has 0 atom stereocenters. The maximum Gasteiger partial charge on any atom is 0.121 e. The molecule has 1 saturated heterocycles. The molecule has 0 amide bonds. The lowest BCUT2D eigenvalue weighted by Gasteiger charge is -2.25. The van der Waals surface area contributed by atoms with E-state index in [9.17, 15) is 0 Å². The number of rotatable bonds is 3. The smallest absolute Gasteiger partial charge is 0.121 e. The van der Waals surface area contributed by atoms with Gasteiger partial charge in [-0.05, 0) is 24.1 Å². The zero-order valence-corrected chi connectivity index (χ0v) is 10.8. The van der Waals surface area contributed by atoms with Gasteiger partial charge in [0.15, 0.2) is 0 Å². The molecule has 4 nitrogen and oxygen atoms in total. The zero-order valence-electron chi connectivity index (χ0n) is 10.8. The predicted octanol–water partition coefficient (Wildman–Crippen LogP) is 1.96. The molecule has 0 aliphatic carbocycles. The third kappa shape index (κ3) is 2.40. The molecule has 1 aromatic carbocycles. The van der Waals surface area contributed by atoms with Gasteiger partial charge in [-0.15, -0.1) is 0 Å². The summed E-state index contributed by atoms with van der Waals surface area (Å²) in [7, 11) is 0. The number of nitrogens with zero attached hydrogens (tertiary/aromatic N) is 2. The molecular formula is C14H19N3O. The Morgan fingerprint density at radius 1 is 1.33 bits per heavy atom. The Morgan fingerprint density at radius 3 is 2.94 bits per heavy atom. The second-order valence-electron chi connectivity index (χ2n) is 4.78. The highest BCUT2D eigenvalue weighted by Gasteiger charge is 2.12. The van der Waals surface area contributed by atoms with Crippen molar-refractivity contribution in [3.8, 4) is 0 Å². The van der Waals surface area contributed by atoms with Crippen LogP contribution in [0.25, 0.3) is 11.0 Å². The van der Waals surface area contributed by atoms with E-state index < -0.39 is 0 Å². The minimum atomic E-state index is 0.834. The van der Waals surface area contributed by atoms with Crippen LogP contribution in [0.3, 0.4) is 0 Å². The standard InChI is InChI=1S/C14H19N3O/c1-2-11-3-4-12-13(9-11)16-14(15-12)10-17-5-7-18-8-6-17/h3-4,9H,2,5-8,10H2,1H3,(H,15,16). The van der Waals surface area contributed by atoms with Gasteiger partial charge in [0.05, 0.1) is 30.8 Å². The maximum absolute atomic E-state index is 5.35. The van der Waals surface area contributed by atoms with Crippen molar-refractivity contribution < 1.29 is 4.74 Å². The largest absolute Gasteiger partial charge is 0.379 e. The van der Waals surface area contributed by atoms with Gasteiger partial charge in [0.2, 0.25) is 0 Å². The van der Waals surface area contributed by atoms with E-state index in [0.29, 0.717) is 0 Å². The summed E-state index contributed by atoms with van der Waals surface area (Å²) < 4.78 is 5.35. The summed E-state index contributed by atoms with van der Waals surface area (Å²) in [6.07, 6.45) is 1.06. The molecule has 2 aromatic rings. The van der Waals surface area contributed by atoms with E-state index in [1.54, 1.807) is 0 Å². The van der Waals surface area contributed by atoms with Crippen LogP contribution >= 0.6 is 0 Å². The van der Waals surface area contributed by atoms with Crippen LogP contribution in [0.2, 0.25) is 0 Å². The number of morpholine rings is 1. The Hall–Kier alpha value is -1.39. The number of aryl methyl sites for hydroxylation is 1. The molecule has 1 fully saturated rings. The topological polar surface area (TPSA) is 41.2 Å². The Morgan fingerprint density at radius 2 is 2.17 bits per heavy atom. The van der Waals surface area contributed by atoms with Crippen molar-refractivity contribution in [1.29, 1.82) is 0 Å². The first kappa shape index (κ1) is 11.7. The van der Waals surface area contributed by atoms with Crippen LogP contribution in [-0.4, -0.2) is 41.2 Å². The number of aromatic amines is 1. The Labute approximate surface area is 107 Å². The average Bonchev–Trinajstić information content (AvgIpc) is 2.80. The summed E-state index contributed by atoms with van der Waals surface area (Å²) >= 11 is 0. The molecule has 18 heavy (non-hydrogen) atoms. The second kappa shape index (κ2) is 5.08. The van der Waals surface area contributed by atoms with Gasteiger partial charge < -0.3 is 9.72 Å². The summed E-state index contributed by atoms with van der Waals surface area (Å²) in [5.74, 6) is 1.06. The van der Waals surface area contributed by atoms with Crippen LogP contribution < -0.4 is 0 Å². The molecule has 0 radical (unpaired) electrons. The van der Waals surface area contributed by atoms with Crippen LogP contribution in [-0.2, 0) is 17.7 Å². The number of H-pyrrole nitrogens is 1. The third-order valence-electron chi connectivity index (χ3n) is 3.48. The summed E-state index contributed by atoms with van der Waals surface area (Å²) in [4.78, 5) is 10.4. The van der Waals surface area contributed by atoms with Crippen LogP contribution in [0.15, 0.2) is 18.2 Å². The first-order valence-electron chi connectivity index (χ1n) is 6.63. The van der Waals surface area contributed by atoms with Gasteiger partial charge in [0, 0.05) is 13.1 Å².